The zero-order valence-corrected chi connectivity index (χ0v) is 11.1. The highest BCUT2D eigenvalue weighted by atomic mass is 35.5. The van der Waals surface area contributed by atoms with Crippen LogP contribution in [0, 0.1) is 12.3 Å². The van der Waals surface area contributed by atoms with Gasteiger partial charge in [0.1, 0.15) is 0 Å². The minimum Gasteiger partial charge on any atom is -0.310 e. The van der Waals surface area contributed by atoms with Crippen LogP contribution in [0.1, 0.15) is 44.2 Å². The summed E-state index contributed by atoms with van der Waals surface area (Å²) in [6, 6.07) is 8.49. The second kappa shape index (κ2) is 8.17. The summed E-state index contributed by atoms with van der Waals surface area (Å²) >= 11 is 5.90. The number of rotatable bonds is 7. The van der Waals surface area contributed by atoms with Crippen LogP contribution in [-0.4, -0.2) is 6.54 Å². The summed E-state index contributed by atoms with van der Waals surface area (Å²) in [7, 11) is 0. The molecule has 0 heterocycles. The van der Waals surface area contributed by atoms with Crippen molar-refractivity contribution in [3.8, 4) is 12.3 Å². The maximum atomic E-state index is 5.90. The Morgan fingerprint density at radius 3 is 2.65 bits per heavy atom. The van der Waals surface area contributed by atoms with Crippen LogP contribution in [0.3, 0.4) is 0 Å². The fraction of sp³-hybridized carbons (Fsp3) is 0.467. The van der Waals surface area contributed by atoms with Gasteiger partial charge in [-0.2, -0.15) is 0 Å². The van der Waals surface area contributed by atoms with Crippen molar-refractivity contribution in [2.24, 2.45) is 0 Å². The first-order valence-corrected chi connectivity index (χ1v) is 6.58. The number of hydrogen-bond acceptors (Lipinski definition) is 1. The Balaban J connectivity index is 2.53. The van der Waals surface area contributed by atoms with Gasteiger partial charge in [0.05, 0.1) is 0 Å². The number of halogens is 1. The van der Waals surface area contributed by atoms with Crippen LogP contribution in [0.5, 0.6) is 0 Å². The molecule has 0 aliphatic heterocycles. The predicted octanol–water partition coefficient (Wildman–Crippen LogP) is 4.18. The van der Waals surface area contributed by atoms with Crippen LogP contribution in [0.4, 0.5) is 0 Å². The first kappa shape index (κ1) is 14.1. The molecule has 0 spiro atoms. The quantitative estimate of drug-likeness (QED) is 0.565. The Morgan fingerprint density at radius 2 is 2.06 bits per heavy atom. The van der Waals surface area contributed by atoms with Gasteiger partial charge >= 0.3 is 0 Å². The monoisotopic (exact) mass is 249 g/mol. The molecule has 1 atom stereocenters. The van der Waals surface area contributed by atoms with Crippen molar-refractivity contribution in [1.29, 1.82) is 0 Å². The zero-order chi connectivity index (χ0) is 12.5. The molecule has 0 saturated heterocycles. The van der Waals surface area contributed by atoms with Crippen molar-refractivity contribution in [1.82, 2.24) is 5.32 Å². The lowest BCUT2D eigenvalue weighted by Crippen LogP contribution is -2.22. The highest BCUT2D eigenvalue weighted by Gasteiger charge is 2.08. The van der Waals surface area contributed by atoms with Gasteiger partial charge in [-0.3, -0.25) is 0 Å². The summed E-state index contributed by atoms with van der Waals surface area (Å²) in [6.07, 6.45) is 9.41. The molecule has 17 heavy (non-hydrogen) atoms. The molecule has 92 valence electrons. The first-order valence-electron chi connectivity index (χ1n) is 6.20. The van der Waals surface area contributed by atoms with E-state index in [9.17, 15) is 0 Å². The summed E-state index contributed by atoms with van der Waals surface area (Å²) in [5.41, 5.74) is 1.30. The zero-order valence-electron chi connectivity index (χ0n) is 10.4. The molecule has 0 aromatic heterocycles. The van der Waals surface area contributed by atoms with Crippen LogP contribution >= 0.6 is 11.6 Å². The van der Waals surface area contributed by atoms with E-state index in [1.54, 1.807) is 0 Å². The SMILES string of the molecule is C#CCCCNC(CCC)c1ccc(Cl)cc1. The third-order valence-corrected chi connectivity index (χ3v) is 2.99. The molecule has 1 rings (SSSR count). The van der Waals surface area contributed by atoms with Gasteiger partial charge in [-0.25, -0.2) is 0 Å². The minimum absolute atomic E-state index is 0.412. The van der Waals surface area contributed by atoms with Crippen molar-refractivity contribution in [3.63, 3.8) is 0 Å². The number of unbranched alkanes of at least 4 members (excludes halogenated alkanes) is 1. The van der Waals surface area contributed by atoms with E-state index < -0.39 is 0 Å². The summed E-state index contributed by atoms with van der Waals surface area (Å²) in [5.74, 6) is 2.66. The van der Waals surface area contributed by atoms with E-state index in [0.29, 0.717) is 6.04 Å². The first-order chi connectivity index (χ1) is 8.27. The lowest BCUT2D eigenvalue weighted by molar-refractivity contribution is 0.490. The van der Waals surface area contributed by atoms with E-state index in [-0.39, 0.29) is 0 Å². The van der Waals surface area contributed by atoms with E-state index in [1.807, 2.05) is 12.1 Å². The summed E-state index contributed by atoms with van der Waals surface area (Å²) < 4.78 is 0. The fourth-order valence-electron chi connectivity index (χ4n) is 1.84. The van der Waals surface area contributed by atoms with Gasteiger partial charge < -0.3 is 5.32 Å². The average Bonchev–Trinajstić information content (AvgIpc) is 2.34. The summed E-state index contributed by atoms with van der Waals surface area (Å²) in [4.78, 5) is 0. The minimum atomic E-state index is 0.412. The summed E-state index contributed by atoms with van der Waals surface area (Å²) in [5, 5.41) is 4.34. The van der Waals surface area contributed by atoms with Gasteiger partial charge in [0.25, 0.3) is 0 Å². The van der Waals surface area contributed by atoms with Crippen molar-refractivity contribution >= 4 is 11.6 Å². The predicted molar refractivity (Wildman–Crippen MR) is 75.2 cm³/mol. The van der Waals surface area contributed by atoms with Crippen molar-refractivity contribution in [2.45, 2.75) is 38.6 Å². The maximum absolute atomic E-state index is 5.90. The van der Waals surface area contributed by atoms with Crippen molar-refractivity contribution in [2.75, 3.05) is 6.54 Å². The van der Waals surface area contributed by atoms with Gasteiger partial charge in [-0.05, 0) is 37.1 Å². The second-order valence-corrected chi connectivity index (χ2v) is 4.59. The molecular weight excluding hydrogens is 230 g/mol. The van der Waals surface area contributed by atoms with E-state index in [4.69, 9.17) is 18.0 Å². The maximum Gasteiger partial charge on any atom is 0.0406 e. The fourth-order valence-corrected chi connectivity index (χ4v) is 1.96. The van der Waals surface area contributed by atoms with Crippen LogP contribution in [-0.2, 0) is 0 Å². The average molecular weight is 250 g/mol. The second-order valence-electron chi connectivity index (χ2n) is 4.15. The van der Waals surface area contributed by atoms with Crippen LogP contribution in [0.25, 0.3) is 0 Å². The lowest BCUT2D eigenvalue weighted by Gasteiger charge is -2.18. The third-order valence-electron chi connectivity index (χ3n) is 2.74. The van der Waals surface area contributed by atoms with Crippen molar-refractivity contribution < 1.29 is 0 Å². The molecule has 0 radical (unpaired) electrons. The Hall–Kier alpha value is -0.970. The lowest BCUT2D eigenvalue weighted by atomic mass is 10.0. The molecule has 2 heteroatoms. The molecule has 0 aliphatic rings. The molecule has 0 bridgehead atoms. The van der Waals surface area contributed by atoms with Gasteiger partial charge in [-0.15, -0.1) is 12.3 Å². The smallest absolute Gasteiger partial charge is 0.0406 e. The van der Waals surface area contributed by atoms with Gasteiger partial charge in [0, 0.05) is 17.5 Å². The Kier molecular flexibility index (Phi) is 6.77. The topological polar surface area (TPSA) is 12.0 Å². The third kappa shape index (κ3) is 5.26. The van der Waals surface area contributed by atoms with E-state index in [1.165, 1.54) is 5.56 Å². The molecule has 1 N–H and O–H groups in total. The Bertz CT molecular complexity index is 350. The molecule has 1 nitrogen and oxygen atoms in total. The highest BCUT2D eigenvalue weighted by Crippen LogP contribution is 2.20. The van der Waals surface area contributed by atoms with Crippen molar-refractivity contribution in [3.05, 3.63) is 34.9 Å². The van der Waals surface area contributed by atoms with E-state index in [2.05, 4.69) is 30.3 Å². The molecule has 1 unspecified atom stereocenters. The highest BCUT2D eigenvalue weighted by molar-refractivity contribution is 6.30. The van der Waals surface area contributed by atoms with E-state index in [0.717, 1.165) is 37.3 Å². The Labute approximate surface area is 110 Å². The van der Waals surface area contributed by atoms with Gasteiger partial charge in [0.2, 0.25) is 0 Å². The standard InChI is InChI=1S/C15H20ClN/c1-3-5-6-12-17-15(7-4-2)13-8-10-14(16)11-9-13/h1,8-11,15,17H,4-7,12H2,2H3. The molecule has 0 amide bonds. The van der Waals surface area contributed by atoms with Crippen LogP contribution in [0.15, 0.2) is 24.3 Å². The number of nitrogens with one attached hydrogen (secondary N) is 1. The molecule has 1 aromatic carbocycles. The number of hydrogen-bond donors (Lipinski definition) is 1. The largest absolute Gasteiger partial charge is 0.310 e. The van der Waals surface area contributed by atoms with Gasteiger partial charge in [0.15, 0.2) is 0 Å². The molecule has 0 aliphatic carbocycles. The molecule has 1 aromatic rings. The van der Waals surface area contributed by atoms with Crippen LogP contribution < -0.4 is 5.32 Å². The molecule has 0 fully saturated rings. The van der Waals surface area contributed by atoms with Gasteiger partial charge in [-0.1, -0.05) is 37.1 Å². The number of benzene rings is 1. The number of terminal acetylenes is 1. The van der Waals surface area contributed by atoms with Crippen LogP contribution in [0.2, 0.25) is 5.02 Å². The normalized spacial score (nSPS) is 12.1. The van der Waals surface area contributed by atoms with E-state index >= 15 is 0 Å². The molecule has 0 saturated carbocycles. The Morgan fingerprint density at radius 1 is 1.35 bits per heavy atom. The summed E-state index contributed by atoms with van der Waals surface area (Å²) in [6.45, 7) is 3.17. The molecular formula is C15H20ClN.